The highest BCUT2D eigenvalue weighted by Gasteiger charge is 2.23. The molecular weight excluding hydrogens is 568 g/mol. The first kappa shape index (κ1) is 26.8. The van der Waals surface area contributed by atoms with E-state index in [1.807, 2.05) is 120 Å². The number of nitrogens with zero attached hydrogens (tertiary/aromatic N) is 8. The summed E-state index contributed by atoms with van der Waals surface area (Å²) in [7, 11) is 0. The molecular formula is C38H22N8. The molecule has 0 unspecified atom stereocenters. The Labute approximate surface area is 263 Å². The van der Waals surface area contributed by atoms with E-state index in [9.17, 15) is 15.8 Å². The lowest BCUT2D eigenvalue weighted by atomic mass is 10.0. The highest BCUT2D eigenvalue weighted by molar-refractivity contribution is 6.11. The number of hydrogen-bond acceptors (Lipinski definition) is 6. The summed E-state index contributed by atoms with van der Waals surface area (Å²) < 4.78 is 4.10. The molecule has 0 spiro atoms. The minimum absolute atomic E-state index is 0.418. The molecule has 214 valence electrons. The molecule has 0 radical (unpaired) electrons. The van der Waals surface area contributed by atoms with Gasteiger partial charge < -0.3 is 9.13 Å². The molecule has 3 aromatic heterocycles. The fourth-order valence-electron chi connectivity index (χ4n) is 6.55. The fourth-order valence-corrected chi connectivity index (χ4v) is 6.55. The minimum Gasteiger partial charge on any atom is -0.308 e. The van der Waals surface area contributed by atoms with Crippen LogP contribution in [0.5, 0.6) is 0 Å². The van der Waals surface area contributed by atoms with E-state index < -0.39 is 0 Å². The summed E-state index contributed by atoms with van der Waals surface area (Å²) in [6.07, 6.45) is 0. The molecule has 3 heterocycles. The lowest BCUT2D eigenvalue weighted by molar-refractivity contribution is 0.927. The molecule has 8 nitrogen and oxygen atoms in total. The van der Waals surface area contributed by atoms with E-state index in [1.165, 1.54) is 0 Å². The maximum Gasteiger partial charge on any atom is 0.163 e. The van der Waals surface area contributed by atoms with Crippen molar-refractivity contribution in [1.82, 2.24) is 24.1 Å². The van der Waals surface area contributed by atoms with Gasteiger partial charge in [-0.1, -0.05) is 48.5 Å². The summed E-state index contributed by atoms with van der Waals surface area (Å²) >= 11 is 0. The second-order valence-electron chi connectivity index (χ2n) is 11.1. The SMILES string of the molecule is Cc1nc(C)nc(-c2cc(-n3c4ccccc4c4ccc(C#N)cc43)c(C#N)c(-n3c4ccccc4c4ccc(C#N)cc43)c2)n1. The number of rotatable bonds is 3. The monoisotopic (exact) mass is 590 g/mol. The van der Waals surface area contributed by atoms with Gasteiger partial charge in [0.25, 0.3) is 0 Å². The van der Waals surface area contributed by atoms with Crippen LogP contribution in [0.4, 0.5) is 0 Å². The summed E-state index contributed by atoms with van der Waals surface area (Å²) in [5.74, 6) is 1.65. The molecule has 0 bridgehead atoms. The number of benzene rings is 5. The minimum atomic E-state index is 0.418. The third-order valence-electron chi connectivity index (χ3n) is 8.41. The van der Waals surface area contributed by atoms with E-state index in [0.29, 0.717) is 51.1 Å². The summed E-state index contributed by atoms with van der Waals surface area (Å²) in [6.45, 7) is 3.66. The number of nitriles is 3. The average molecular weight is 591 g/mol. The molecule has 8 aromatic rings. The van der Waals surface area contributed by atoms with E-state index in [-0.39, 0.29) is 0 Å². The van der Waals surface area contributed by atoms with Crippen LogP contribution < -0.4 is 0 Å². The molecule has 0 atom stereocenters. The van der Waals surface area contributed by atoms with E-state index in [2.05, 4.69) is 23.2 Å². The zero-order valence-electron chi connectivity index (χ0n) is 24.8. The third kappa shape index (κ3) is 3.94. The van der Waals surface area contributed by atoms with E-state index >= 15 is 0 Å². The Kier molecular flexibility index (Phi) is 5.90. The van der Waals surface area contributed by atoms with Gasteiger partial charge in [0.15, 0.2) is 5.82 Å². The van der Waals surface area contributed by atoms with Crippen LogP contribution in [0, 0.1) is 47.8 Å². The van der Waals surface area contributed by atoms with Crippen LogP contribution in [-0.4, -0.2) is 24.1 Å². The van der Waals surface area contributed by atoms with Gasteiger partial charge in [-0.3, -0.25) is 0 Å². The van der Waals surface area contributed by atoms with Crippen LogP contribution >= 0.6 is 0 Å². The first-order valence-corrected chi connectivity index (χ1v) is 14.6. The van der Waals surface area contributed by atoms with Crippen molar-refractivity contribution in [3.8, 4) is 41.0 Å². The maximum absolute atomic E-state index is 11.0. The summed E-state index contributed by atoms with van der Waals surface area (Å²) in [5, 5.41) is 34.6. The standard InChI is InChI=1S/C38H22N8/c1-22-42-23(2)44-38(43-22)26-17-36(45-32-9-5-3-7-27(32)29-13-11-24(19-39)15-34(29)45)31(21-41)37(18-26)46-33-10-6-4-8-28(33)30-14-12-25(20-40)16-35(30)46/h3-18H,1-2H3. The van der Waals surface area contributed by atoms with E-state index in [4.69, 9.17) is 9.97 Å². The highest BCUT2D eigenvalue weighted by atomic mass is 15.0. The van der Waals surface area contributed by atoms with Gasteiger partial charge in [-0.2, -0.15) is 15.8 Å². The Morgan fingerprint density at radius 2 is 0.957 bits per heavy atom. The number of aryl methyl sites for hydroxylation is 2. The lowest BCUT2D eigenvalue weighted by Gasteiger charge is -2.18. The van der Waals surface area contributed by atoms with Crippen LogP contribution in [0.3, 0.4) is 0 Å². The molecule has 8 heteroatoms. The van der Waals surface area contributed by atoms with Gasteiger partial charge >= 0.3 is 0 Å². The molecule has 0 saturated carbocycles. The second kappa shape index (κ2) is 10.1. The molecule has 8 rings (SSSR count). The van der Waals surface area contributed by atoms with Crippen molar-refractivity contribution in [2.24, 2.45) is 0 Å². The lowest BCUT2D eigenvalue weighted by Crippen LogP contribution is -2.07. The van der Waals surface area contributed by atoms with Crippen molar-refractivity contribution in [2.45, 2.75) is 13.8 Å². The van der Waals surface area contributed by atoms with Gasteiger partial charge in [0.1, 0.15) is 23.3 Å². The molecule has 0 amide bonds. The molecule has 0 aliphatic heterocycles. The third-order valence-corrected chi connectivity index (χ3v) is 8.41. The van der Waals surface area contributed by atoms with Crippen LogP contribution in [0.2, 0.25) is 0 Å². The van der Waals surface area contributed by atoms with Crippen LogP contribution in [-0.2, 0) is 0 Å². The quantitative estimate of drug-likeness (QED) is 0.206. The van der Waals surface area contributed by atoms with Crippen molar-refractivity contribution < 1.29 is 0 Å². The second-order valence-corrected chi connectivity index (χ2v) is 11.1. The van der Waals surface area contributed by atoms with Crippen LogP contribution in [0.1, 0.15) is 28.3 Å². The molecule has 0 fully saturated rings. The molecule has 0 aliphatic rings. The first-order valence-electron chi connectivity index (χ1n) is 14.6. The van der Waals surface area contributed by atoms with Gasteiger partial charge in [0, 0.05) is 27.1 Å². The summed E-state index contributed by atoms with van der Waals surface area (Å²) in [6, 6.07) is 38.3. The van der Waals surface area contributed by atoms with Crippen molar-refractivity contribution in [2.75, 3.05) is 0 Å². The summed E-state index contributed by atoms with van der Waals surface area (Å²) in [5.41, 5.74) is 6.78. The van der Waals surface area contributed by atoms with Gasteiger partial charge in [-0.15, -0.1) is 0 Å². The Morgan fingerprint density at radius 1 is 0.500 bits per heavy atom. The largest absolute Gasteiger partial charge is 0.308 e. The van der Waals surface area contributed by atoms with Gasteiger partial charge in [-0.05, 0) is 62.4 Å². The number of hydrogen-bond donors (Lipinski definition) is 0. The van der Waals surface area contributed by atoms with Crippen molar-refractivity contribution in [1.29, 1.82) is 15.8 Å². The average Bonchev–Trinajstić information content (AvgIpc) is 3.59. The van der Waals surface area contributed by atoms with Crippen molar-refractivity contribution in [3.05, 3.63) is 125 Å². The number of aromatic nitrogens is 5. The van der Waals surface area contributed by atoms with Crippen LogP contribution in [0.15, 0.2) is 97.1 Å². The Morgan fingerprint density at radius 3 is 1.41 bits per heavy atom. The summed E-state index contributed by atoms with van der Waals surface area (Å²) in [4.78, 5) is 13.8. The van der Waals surface area contributed by atoms with Crippen molar-refractivity contribution in [3.63, 3.8) is 0 Å². The van der Waals surface area contributed by atoms with Crippen molar-refractivity contribution >= 4 is 43.6 Å². The molecule has 0 N–H and O–H groups in total. The normalized spacial score (nSPS) is 11.2. The first-order chi connectivity index (χ1) is 22.5. The zero-order chi connectivity index (χ0) is 31.5. The smallest absolute Gasteiger partial charge is 0.163 e. The van der Waals surface area contributed by atoms with E-state index in [1.54, 1.807) is 0 Å². The topological polar surface area (TPSA) is 120 Å². The highest BCUT2D eigenvalue weighted by Crippen LogP contribution is 2.40. The van der Waals surface area contributed by atoms with Gasteiger partial charge in [0.05, 0.1) is 56.7 Å². The van der Waals surface area contributed by atoms with Crippen LogP contribution in [0.25, 0.3) is 66.4 Å². The number of para-hydroxylation sites is 2. The Balaban J connectivity index is 1.59. The van der Waals surface area contributed by atoms with E-state index in [0.717, 1.165) is 43.6 Å². The Bertz CT molecular complexity index is 2530. The molecule has 0 saturated heterocycles. The zero-order valence-corrected chi connectivity index (χ0v) is 24.8. The molecule has 5 aromatic carbocycles. The molecule has 0 aliphatic carbocycles. The van der Waals surface area contributed by atoms with Gasteiger partial charge in [-0.25, -0.2) is 15.0 Å². The van der Waals surface area contributed by atoms with Gasteiger partial charge in [0.2, 0.25) is 0 Å². The molecule has 46 heavy (non-hydrogen) atoms. The number of fused-ring (bicyclic) bond motifs is 6. The predicted molar refractivity (Wildman–Crippen MR) is 178 cm³/mol. The fraction of sp³-hybridized carbons (Fsp3) is 0.0526. The maximum atomic E-state index is 11.0. The predicted octanol–water partition coefficient (Wildman–Crippen LogP) is 7.96. The Hall–Kier alpha value is -6.82.